The summed E-state index contributed by atoms with van der Waals surface area (Å²) in [6.45, 7) is 1.65. The van der Waals surface area contributed by atoms with Gasteiger partial charge in [0.25, 0.3) is 5.91 Å². The van der Waals surface area contributed by atoms with Crippen LogP contribution in [-0.2, 0) is 0 Å². The van der Waals surface area contributed by atoms with Crippen LogP contribution in [0.1, 0.15) is 16.3 Å². The van der Waals surface area contributed by atoms with Crippen LogP contribution >= 0.6 is 0 Å². The third-order valence-corrected chi connectivity index (χ3v) is 2.77. The number of nitrogens with one attached hydrogen (secondary N) is 1. The van der Waals surface area contributed by atoms with Crippen LogP contribution < -0.4 is 17.2 Å². The Balaban J connectivity index is 2.22. The number of H-pyrrole nitrogens is 1. The summed E-state index contributed by atoms with van der Waals surface area (Å²) in [7, 11) is 0. The second-order valence-corrected chi connectivity index (χ2v) is 4.13. The highest BCUT2D eigenvalue weighted by atomic mass is 16.2. The minimum atomic E-state index is -0.727. The number of nitrogens with two attached hydrogens (primary N) is 2. The van der Waals surface area contributed by atoms with Crippen LogP contribution in [0.15, 0.2) is 17.1 Å². The highest BCUT2D eigenvalue weighted by Crippen LogP contribution is 2.13. The molecule has 0 aromatic carbocycles. The Morgan fingerprint density at radius 3 is 2.85 bits per heavy atom. The molecule has 0 spiro atoms. The first kappa shape index (κ1) is 11.9. The molecule has 0 fully saturated rings. The van der Waals surface area contributed by atoms with Gasteiger partial charge in [0.15, 0.2) is 17.2 Å². The molecule has 0 saturated heterocycles. The van der Waals surface area contributed by atoms with Crippen molar-refractivity contribution in [1.29, 1.82) is 0 Å². The molecule has 102 valence electrons. The van der Waals surface area contributed by atoms with Crippen molar-refractivity contribution in [2.45, 2.75) is 6.92 Å². The fraction of sp³-hybridized carbons (Fsp3) is 0.100. The molecule has 1 amide bonds. The van der Waals surface area contributed by atoms with E-state index in [9.17, 15) is 9.59 Å². The Hall–Kier alpha value is -3.17. The summed E-state index contributed by atoms with van der Waals surface area (Å²) in [5.41, 5.74) is 10.9. The zero-order chi connectivity index (χ0) is 14.4. The molecule has 0 atom stereocenters. The fourth-order valence-corrected chi connectivity index (χ4v) is 1.90. The average Bonchev–Trinajstić information content (AvgIpc) is 2.93. The quantitative estimate of drug-likeness (QED) is 0.522. The number of primary amides is 1. The molecule has 10 heteroatoms. The van der Waals surface area contributed by atoms with Gasteiger partial charge in [0.2, 0.25) is 0 Å². The standard InChI is InChI=1S/C10H10N8O2/c1-4-13-6(2-7-14-15-10(20)18(4)7)17-3-5(11)8(16-17)9(12)19/h2-3H,11H2,1H3,(H2,12,19)(H,15,20). The average molecular weight is 274 g/mol. The lowest BCUT2D eigenvalue weighted by Gasteiger charge is -2.02. The summed E-state index contributed by atoms with van der Waals surface area (Å²) in [4.78, 5) is 26.8. The summed E-state index contributed by atoms with van der Waals surface area (Å²) in [6, 6.07) is 1.53. The first-order chi connectivity index (χ1) is 9.47. The van der Waals surface area contributed by atoms with E-state index in [1.54, 1.807) is 6.92 Å². The first-order valence-electron chi connectivity index (χ1n) is 5.57. The SMILES string of the molecule is Cc1nc(-n2cc(N)c(C(N)=O)n2)cc2n[nH]c(=O)n12. The molecule has 10 nitrogen and oxygen atoms in total. The summed E-state index contributed by atoms with van der Waals surface area (Å²) in [5.74, 6) is 0.0641. The van der Waals surface area contributed by atoms with E-state index in [1.165, 1.54) is 21.3 Å². The molecule has 0 aliphatic carbocycles. The number of aromatic nitrogens is 6. The van der Waals surface area contributed by atoms with Crippen LogP contribution in [0.3, 0.4) is 0 Å². The molecule has 3 heterocycles. The van der Waals surface area contributed by atoms with Crippen molar-refractivity contribution in [3.05, 3.63) is 34.3 Å². The van der Waals surface area contributed by atoms with Crippen LogP contribution in [0.4, 0.5) is 5.69 Å². The number of nitrogens with zero attached hydrogens (tertiary/aromatic N) is 5. The predicted molar refractivity (Wildman–Crippen MR) is 68.4 cm³/mol. The van der Waals surface area contributed by atoms with Crippen LogP contribution in [0.5, 0.6) is 0 Å². The van der Waals surface area contributed by atoms with Gasteiger partial charge >= 0.3 is 5.69 Å². The number of nitrogen functional groups attached to an aromatic ring is 1. The minimum absolute atomic E-state index is 0.0382. The zero-order valence-corrected chi connectivity index (χ0v) is 10.4. The maximum absolute atomic E-state index is 11.5. The van der Waals surface area contributed by atoms with Gasteiger partial charge in [0.1, 0.15) is 5.82 Å². The first-order valence-corrected chi connectivity index (χ1v) is 5.57. The number of anilines is 1. The highest BCUT2D eigenvalue weighted by Gasteiger charge is 2.14. The smallest absolute Gasteiger partial charge is 0.349 e. The Labute approximate surface area is 111 Å². The molecule has 0 radical (unpaired) electrons. The van der Waals surface area contributed by atoms with Gasteiger partial charge in [0.05, 0.1) is 11.9 Å². The molecular weight excluding hydrogens is 264 g/mol. The third kappa shape index (κ3) is 1.62. The van der Waals surface area contributed by atoms with Crippen molar-refractivity contribution in [2.75, 3.05) is 5.73 Å². The summed E-state index contributed by atoms with van der Waals surface area (Å²) in [5, 5.41) is 10.1. The lowest BCUT2D eigenvalue weighted by Crippen LogP contribution is -2.15. The van der Waals surface area contributed by atoms with Gasteiger partial charge in [-0.1, -0.05) is 0 Å². The van der Waals surface area contributed by atoms with E-state index in [4.69, 9.17) is 11.5 Å². The van der Waals surface area contributed by atoms with Gasteiger partial charge in [-0.2, -0.15) is 10.2 Å². The molecule has 0 saturated carbocycles. The van der Waals surface area contributed by atoms with Gasteiger partial charge in [-0.15, -0.1) is 0 Å². The lowest BCUT2D eigenvalue weighted by atomic mass is 10.4. The second-order valence-electron chi connectivity index (χ2n) is 4.13. The molecule has 0 aliphatic heterocycles. The van der Waals surface area contributed by atoms with Crippen LogP contribution in [0.25, 0.3) is 11.5 Å². The number of aromatic amines is 1. The van der Waals surface area contributed by atoms with Crippen molar-refractivity contribution in [1.82, 2.24) is 29.4 Å². The van der Waals surface area contributed by atoms with Crippen molar-refractivity contribution < 1.29 is 4.79 Å². The normalized spacial score (nSPS) is 11.1. The maximum atomic E-state index is 11.5. The van der Waals surface area contributed by atoms with Gasteiger partial charge in [-0.25, -0.2) is 24.0 Å². The molecule has 20 heavy (non-hydrogen) atoms. The molecule has 3 rings (SSSR count). The number of carbonyl (C=O) groups is 1. The Morgan fingerprint density at radius 1 is 1.45 bits per heavy atom. The number of amides is 1. The zero-order valence-electron chi connectivity index (χ0n) is 10.4. The number of hydrogen-bond donors (Lipinski definition) is 3. The number of rotatable bonds is 2. The van der Waals surface area contributed by atoms with E-state index in [0.717, 1.165) is 0 Å². The Morgan fingerprint density at radius 2 is 2.20 bits per heavy atom. The minimum Gasteiger partial charge on any atom is -0.396 e. The Kier molecular flexibility index (Phi) is 2.33. The molecule has 0 bridgehead atoms. The second kappa shape index (κ2) is 3.91. The number of carbonyl (C=O) groups excluding carboxylic acids is 1. The van der Waals surface area contributed by atoms with E-state index < -0.39 is 5.91 Å². The maximum Gasteiger partial charge on any atom is 0.349 e. The lowest BCUT2D eigenvalue weighted by molar-refractivity contribution is 0.0996. The van der Waals surface area contributed by atoms with E-state index in [1.807, 2.05) is 0 Å². The van der Waals surface area contributed by atoms with Gasteiger partial charge < -0.3 is 11.5 Å². The number of hydrogen-bond acceptors (Lipinski definition) is 6. The van der Waals surface area contributed by atoms with Gasteiger partial charge in [-0.05, 0) is 6.92 Å². The van der Waals surface area contributed by atoms with E-state index >= 15 is 0 Å². The Bertz CT molecular complexity index is 886. The van der Waals surface area contributed by atoms with Gasteiger partial charge in [-0.3, -0.25) is 4.79 Å². The molecule has 3 aromatic heterocycles. The highest BCUT2D eigenvalue weighted by molar-refractivity contribution is 5.95. The predicted octanol–water partition coefficient (Wildman–Crippen LogP) is -1.41. The van der Waals surface area contributed by atoms with Crippen molar-refractivity contribution in [3.8, 4) is 5.82 Å². The van der Waals surface area contributed by atoms with Crippen LogP contribution in [0.2, 0.25) is 0 Å². The van der Waals surface area contributed by atoms with Crippen molar-refractivity contribution >= 4 is 17.2 Å². The third-order valence-electron chi connectivity index (χ3n) is 2.77. The molecule has 0 aliphatic rings. The molecular formula is C10H10N8O2. The van der Waals surface area contributed by atoms with E-state index in [0.29, 0.717) is 17.3 Å². The monoisotopic (exact) mass is 274 g/mol. The molecule has 5 N–H and O–H groups in total. The molecule has 3 aromatic rings. The summed E-state index contributed by atoms with van der Waals surface area (Å²) >= 11 is 0. The van der Waals surface area contributed by atoms with Crippen LogP contribution in [0, 0.1) is 6.92 Å². The molecule has 0 unspecified atom stereocenters. The largest absolute Gasteiger partial charge is 0.396 e. The topological polar surface area (TPSA) is 150 Å². The summed E-state index contributed by atoms with van der Waals surface area (Å²) in [6.07, 6.45) is 1.42. The summed E-state index contributed by atoms with van der Waals surface area (Å²) < 4.78 is 2.62. The fourth-order valence-electron chi connectivity index (χ4n) is 1.90. The van der Waals surface area contributed by atoms with Gasteiger partial charge in [0, 0.05) is 6.07 Å². The number of fused-ring (bicyclic) bond motifs is 1. The van der Waals surface area contributed by atoms with Crippen molar-refractivity contribution in [2.24, 2.45) is 5.73 Å². The van der Waals surface area contributed by atoms with E-state index in [-0.39, 0.29) is 17.1 Å². The van der Waals surface area contributed by atoms with Crippen LogP contribution in [-0.4, -0.2) is 35.3 Å². The van der Waals surface area contributed by atoms with E-state index in [2.05, 4.69) is 20.3 Å². The number of aryl methyl sites for hydroxylation is 1. The van der Waals surface area contributed by atoms with Crippen molar-refractivity contribution in [3.63, 3.8) is 0 Å².